The van der Waals surface area contributed by atoms with Gasteiger partial charge >= 0.3 is 6.03 Å². The zero-order valence-electron chi connectivity index (χ0n) is 12.2. The van der Waals surface area contributed by atoms with Gasteiger partial charge in [-0.05, 0) is 31.4 Å². The number of urea groups is 1. The van der Waals surface area contributed by atoms with Gasteiger partial charge in [-0.15, -0.1) is 11.3 Å². The van der Waals surface area contributed by atoms with Crippen molar-refractivity contribution in [2.75, 3.05) is 10.6 Å². The van der Waals surface area contributed by atoms with E-state index in [4.69, 9.17) is 0 Å². The average molecular weight is 289 g/mol. The molecule has 20 heavy (non-hydrogen) atoms. The minimum Gasteiger partial charge on any atom is -0.307 e. The summed E-state index contributed by atoms with van der Waals surface area (Å²) in [6.07, 6.45) is 1.81. The molecule has 2 aromatic rings. The van der Waals surface area contributed by atoms with Gasteiger partial charge in [0.25, 0.3) is 0 Å². The van der Waals surface area contributed by atoms with Crippen LogP contribution in [0.1, 0.15) is 35.8 Å². The van der Waals surface area contributed by atoms with Gasteiger partial charge in [0.05, 0.1) is 0 Å². The third-order valence-electron chi connectivity index (χ3n) is 2.94. The summed E-state index contributed by atoms with van der Waals surface area (Å²) < 4.78 is 0. The molecule has 106 valence electrons. The maximum Gasteiger partial charge on any atom is 0.325 e. The smallest absolute Gasteiger partial charge is 0.307 e. The average Bonchev–Trinajstić information content (AvgIpc) is 2.81. The SMILES string of the molecule is Cc1ccc(NC(=O)Nc2ncc(C(C)C)s2)c(C)c1. The van der Waals surface area contributed by atoms with Crippen molar-refractivity contribution >= 4 is 28.2 Å². The Morgan fingerprint density at radius 1 is 1.25 bits per heavy atom. The predicted octanol–water partition coefficient (Wildman–Crippen LogP) is 4.53. The number of anilines is 2. The topological polar surface area (TPSA) is 54.0 Å². The highest BCUT2D eigenvalue weighted by atomic mass is 32.1. The van der Waals surface area contributed by atoms with Crippen LogP contribution in [0.25, 0.3) is 0 Å². The molecule has 5 heteroatoms. The molecule has 0 aliphatic rings. The number of nitrogens with zero attached hydrogens (tertiary/aromatic N) is 1. The van der Waals surface area contributed by atoms with E-state index in [2.05, 4.69) is 29.5 Å². The Morgan fingerprint density at radius 3 is 2.60 bits per heavy atom. The number of amides is 2. The van der Waals surface area contributed by atoms with Gasteiger partial charge in [0.15, 0.2) is 5.13 Å². The van der Waals surface area contributed by atoms with Crippen molar-refractivity contribution in [1.29, 1.82) is 0 Å². The van der Waals surface area contributed by atoms with Crippen LogP contribution in [-0.2, 0) is 0 Å². The van der Waals surface area contributed by atoms with Crippen molar-refractivity contribution < 1.29 is 4.79 Å². The second kappa shape index (κ2) is 6.05. The van der Waals surface area contributed by atoms with Crippen molar-refractivity contribution in [2.45, 2.75) is 33.6 Å². The van der Waals surface area contributed by atoms with Crippen molar-refractivity contribution in [3.63, 3.8) is 0 Å². The molecule has 0 saturated heterocycles. The zero-order valence-corrected chi connectivity index (χ0v) is 13.0. The number of aromatic nitrogens is 1. The largest absolute Gasteiger partial charge is 0.325 e. The molecule has 0 saturated carbocycles. The first-order chi connectivity index (χ1) is 9.45. The normalized spacial score (nSPS) is 10.7. The quantitative estimate of drug-likeness (QED) is 0.872. The molecule has 1 aromatic heterocycles. The van der Waals surface area contributed by atoms with Gasteiger partial charge in [0.2, 0.25) is 0 Å². The van der Waals surface area contributed by atoms with E-state index in [1.165, 1.54) is 16.9 Å². The lowest BCUT2D eigenvalue weighted by molar-refractivity contribution is 0.262. The highest BCUT2D eigenvalue weighted by Gasteiger charge is 2.09. The van der Waals surface area contributed by atoms with Gasteiger partial charge in [-0.1, -0.05) is 31.5 Å². The molecular formula is C15H19N3OS. The molecule has 0 fully saturated rings. The third kappa shape index (κ3) is 3.57. The molecule has 1 heterocycles. The van der Waals surface area contributed by atoms with Crippen molar-refractivity contribution in [2.24, 2.45) is 0 Å². The van der Waals surface area contributed by atoms with Gasteiger partial charge in [-0.3, -0.25) is 5.32 Å². The lowest BCUT2D eigenvalue weighted by Gasteiger charge is -2.09. The highest BCUT2D eigenvalue weighted by molar-refractivity contribution is 7.15. The predicted molar refractivity (Wildman–Crippen MR) is 84.8 cm³/mol. The van der Waals surface area contributed by atoms with E-state index in [0.717, 1.165) is 16.1 Å². The molecule has 2 amide bonds. The van der Waals surface area contributed by atoms with Crippen LogP contribution in [0.3, 0.4) is 0 Å². The third-order valence-corrected chi connectivity index (χ3v) is 4.16. The van der Waals surface area contributed by atoms with E-state index in [9.17, 15) is 4.79 Å². The lowest BCUT2D eigenvalue weighted by atomic mass is 10.1. The Morgan fingerprint density at radius 2 is 2.00 bits per heavy atom. The molecule has 0 aliphatic heterocycles. The minimum absolute atomic E-state index is 0.262. The van der Waals surface area contributed by atoms with E-state index in [1.807, 2.05) is 38.2 Å². The first kappa shape index (κ1) is 14.5. The number of rotatable bonds is 3. The van der Waals surface area contributed by atoms with E-state index in [0.29, 0.717) is 11.0 Å². The first-order valence-corrected chi connectivity index (χ1v) is 7.38. The van der Waals surface area contributed by atoms with Crippen LogP contribution >= 0.6 is 11.3 Å². The number of benzene rings is 1. The summed E-state index contributed by atoms with van der Waals surface area (Å²) in [5.41, 5.74) is 3.03. The van der Waals surface area contributed by atoms with Crippen molar-refractivity contribution in [1.82, 2.24) is 4.98 Å². The summed E-state index contributed by atoms with van der Waals surface area (Å²) in [5, 5.41) is 6.23. The summed E-state index contributed by atoms with van der Waals surface area (Å²) >= 11 is 1.50. The monoisotopic (exact) mass is 289 g/mol. The van der Waals surface area contributed by atoms with Crippen LogP contribution in [0.2, 0.25) is 0 Å². The van der Waals surface area contributed by atoms with Crippen molar-refractivity contribution in [3.8, 4) is 0 Å². The van der Waals surface area contributed by atoms with Gasteiger partial charge in [-0.25, -0.2) is 9.78 Å². The maximum absolute atomic E-state index is 11.9. The van der Waals surface area contributed by atoms with Crippen LogP contribution < -0.4 is 10.6 Å². The Hall–Kier alpha value is -1.88. The summed E-state index contributed by atoms with van der Waals surface area (Å²) in [5.74, 6) is 0.422. The highest BCUT2D eigenvalue weighted by Crippen LogP contribution is 2.25. The molecule has 2 rings (SSSR count). The number of nitrogens with one attached hydrogen (secondary N) is 2. The molecule has 1 aromatic carbocycles. The number of carbonyl (C=O) groups excluding carboxylic acids is 1. The molecule has 0 atom stereocenters. The summed E-state index contributed by atoms with van der Waals surface area (Å²) in [6, 6.07) is 5.66. The van der Waals surface area contributed by atoms with Crippen molar-refractivity contribution in [3.05, 3.63) is 40.4 Å². The van der Waals surface area contributed by atoms with Crippen LogP contribution in [0.5, 0.6) is 0 Å². The fourth-order valence-corrected chi connectivity index (χ4v) is 2.63. The second-order valence-electron chi connectivity index (χ2n) is 5.12. The van der Waals surface area contributed by atoms with Gasteiger partial charge in [0, 0.05) is 16.8 Å². The Bertz CT molecular complexity index is 619. The molecule has 2 N–H and O–H groups in total. The van der Waals surface area contributed by atoms with E-state index >= 15 is 0 Å². The Balaban J connectivity index is 2.01. The minimum atomic E-state index is -0.262. The summed E-state index contributed by atoms with van der Waals surface area (Å²) in [7, 11) is 0. The first-order valence-electron chi connectivity index (χ1n) is 6.56. The lowest BCUT2D eigenvalue weighted by Crippen LogP contribution is -2.19. The Kier molecular flexibility index (Phi) is 4.39. The number of hydrogen-bond acceptors (Lipinski definition) is 3. The standard InChI is InChI=1S/C15H19N3OS/c1-9(2)13-8-16-15(20-13)18-14(19)17-12-6-5-10(3)7-11(12)4/h5-9H,1-4H3,(H2,16,17,18,19). The van der Waals surface area contributed by atoms with E-state index < -0.39 is 0 Å². The Labute approximate surface area is 123 Å². The molecule has 0 bridgehead atoms. The number of aryl methyl sites for hydroxylation is 2. The maximum atomic E-state index is 11.9. The van der Waals surface area contributed by atoms with Crippen LogP contribution in [0.4, 0.5) is 15.6 Å². The molecule has 0 unspecified atom stereocenters. The number of hydrogen-bond donors (Lipinski definition) is 2. The summed E-state index contributed by atoms with van der Waals surface area (Å²) in [6.45, 7) is 8.21. The van der Waals surface area contributed by atoms with E-state index in [1.54, 1.807) is 0 Å². The fourth-order valence-electron chi connectivity index (χ4n) is 1.82. The van der Waals surface area contributed by atoms with Crippen LogP contribution in [0.15, 0.2) is 24.4 Å². The second-order valence-corrected chi connectivity index (χ2v) is 6.18. The number of carbonyl (C=O) groups is 1. The van der Waals surface area contributed by atoms with Gasteiger partial charge < -0.3 is 5.32 Å². The van der Waals surface area contributed by atoms with Gasteiger partial charge in [-0.2, -0.15) is 0 Å². The molecule has 0 spiro atoms. The van der Waals surface area contributed by atoms with Gasteiger partial charge in [0.1, 0.15) is 0 Å². The molecule has 0 aliphatic carbocycles. The number of thiazole rings is 1. The molecule has 0 radical (unpaired) electrons. The van der Waals surface area contributed by atoms with E-state index in [-0.39, 0.29) is 6.03 Å². The fraction of sp³-hybridized carbons (Fsp3) is 0.333. The molecule has 4 nitrogen and oxygen atoms in total. The van der Waals surface area contributed by atoms with Crippen LogP contribution in [0, 0.1) is 13.8 Å². The molecular weight excluding hydrogens is 270 g/mol. The zero-order chi connectivity index (χ0) is 14.7. The summed E-state index contributed by atoms with van der Waals surface area (Å²) in [4.78, 5) is 17.3. The van der Waals surface area contributed by atoms with Crippen LogP contribution in [-0.4, -0.2) is 11.0 Å².